The molecular weight excluding hydrogens is 202 g/mol. The summed E-state index contributed by atoms with van der Waals surface area (Å²) in [5.41, 5.74) is 6.66. The van der Waals surface area contributed by atoms with Crippen LogP contribution in [-0.4, -0.2) is 16.6 Å². The largest absolute Gasteiger partial charge is 0.477 e. The smallest absolute Gasteiger partial charge is 0.221 e. The number of aromatic nitrogens is 2. The maximum absolute atomic E-state index is 5.75. The zero-order valence-corrected chi connectivity index (χ0v) is 10.4. The molecule has 1 aromatic heterocycles. The third-order valence-electron chi connectivity index (χ3n) is 2.46. The Kier molecular flexibility index (Phi) is 5.02. The van der Waals surface area contributed by atoms with Crippen LogP contribution in [0.4, 0.5) is 5.82 Å². The van der Waals surface area contributed by atoms with Crippen LogP contribution in [0.2, 0.25) is 0 Å². The number of nitrogens with two attached hydrogens (primary N) is 1. The second-order valence-electron chi connectivity index (χ2n) is 4.28. The highest BCUT2D eigenvalue weighted by molar-refractivity contribution is 5.44. The first-order valence-electron chi connectivity index (χ1n) is 5.87. The number of rotatable bonds is 6. The minimum atomic E-state index is 0.524. The van der Waals surface area contributed by atoms with E-state index < -0.39 is 0 Å². The van der Waals surface area contributed by atoms with Crippen molar-refractivity contribution in [3.05, 3.63) is 11.9 Å². The van der Waals surface area contributed by atoms with Crippen LogP contribution in [0.15, 0.2) is 6.33 Å². The molecule has 0 bridgehead atoms. The van der Waals surface area contributed by atoms with Gasteiger partial charge in [-0.15, -0.1) is 0 Å². The quantitative estimate of drug-likeness (QED) is 0.752. The van der Waals surface area contributed by atoms with E-state index in [0.29, 0.717) is 24.2 Å². The summed E-state index contributed by atoms with van der Waals surface area (Å²) in [6, 6.07) is 0. The molecule has 2 N–H and O–H groups in total. The molecule has 0 atom stereocenters. The Bertz CT molecular complexity index is 326. The minimum absolute atomic E-state index is 0.524. The topological polar surface area (TPSA) is 61.0 Å². The lowest BCUT2D eigenvalue weighted by Crippen LogP contribution is -2.06. The Morgan fingerprint density at radius 1 is 1.38 bits per heavy atom. The van der Waals surface area contributed by atoms with Gasteiger partial charge in [-0.25, -0.2) is 9.97 Å². The number of hydrogen-bond donors (Lipinski definition) is 1. The lowest BCUT2D eigenvalue weighted by atomic mass is 10.1. The van der Waals surface area contributed by atoms with Crippen molar-refractivity contribution in [3.63, 3.8) is 0 Å². The summed E-state index contributed by atoms with van der Waals surface area (Å²) >= 11 is 0. The van der Waals surface area contributed by atoms with Crippen molar-refractivity contribution >= 4 is 5.82 Å². The average molecular weight is 223 g/mol. The molecule has 0 amide bonds. The first kappa shape index (κ1) is 12.7. The van der Waals surface area contributed by atoms with E-state index in [9.17, 15) is 0 Å². The van der Waals surface area contributed by atoms with Crippen LogP contribution in [0.5, 0.6) is 5.88 Å². The van der Waals surface area contributed by atoms with E-state index in [-0.39, 0.29) is 0 Å². The zero-order chi connectivity index (χ0) is 12.0. The molecule has 1 aromatic rings. The highest BCUT2D eigenvalue weighted by Gasteiger charge is 2.08. The standard InChI is InChI=1S/C12H21N3O/c1-4-10-11(13)14-8-15-12(10)16-7-5-6-9(2)3/h8-9H,4-7H2,1-3H3,(H2,13,14,15). The monoisotopic (exact) mass is 223 g/mol. The van der Waals surface area contributed by atoms with Crippen molar-refractivity contribution < 1.29 is 4.74 Å². The highest BCUT2D eigenvalue weighted by Crippen LogP contribution is 2.20. The summed E-state index contributed by atoms with van der Waals surface area (Å²) in [4.78, 5) is 8.07. The summed E-state index contributed by atoms with van der Waals surface area (Å²) < 4.78 is 5.63. The van der Waals surface area contributed by atoms with Crippen LogP contribution >= 0.6 is 0 Å². The van der Waals surface area contributed by atoms with Crippen LogP contribution in [0.1, 0.15) is 39.2 Å². The highest BCUT2D eigenvalue weighted by atomic mass is 16.5. The van der Waals surface area contributed by atoms with Crippen LogP contribution in [0.25, 0.3) is 0 Å². The molecule has 0 radical (unpaired) electrons. The summed E-state index contributed by atoms with van der Waals surface area (Å²) in [7, 11) is 0. The van der Waals surface area contributed by atoms with E-state index in [1.807, 2.05) is 6.92 Å². The summed E-state index contributed by atoms with van der Waals surface area (Å²) in [5.74, 6) is 1.87. The molecule has 4 nitrogen and oxygen atoms in total. The molecule has 1 rings (SSSR count). The van der Waals surface area contributed by atoms with E-state index in [1.54, 1.807) is 0 Å². The predicted molar refractivity (Wildman–Crippen MR) is 65.4 cm³/mol. The van der Waals surface area contributed by atoms with Crippen molar-refractivity contribution in [1.29, 1.82) is 0 Å². The lowest BCUT2D eigenvalue weighted by molar-refractivity contribution is 0.284. The molecule has 0 saturated heterocycles. The van der Waals surface area contributed by atoms with E-state index in [4.69, 9.17) is 10.5 Å². The molecule has 0 aromatic carbocycles. The normalized spacial score (nSPS) is 10.8. The van der Waals surface area contributed by atoms with Gasteiger partial charge in [-0.2, -0.15) is 0 Å². The van der Waals surface area contributed by atoms with E-state index in [1.165, 1.54) is 12.7 Å². The Morgan fingerprint density at radius 2 is 2.12 bits per heavy atom. The lowest BCUT2D eigenvalue weighted by Gasteiger charge is -2.10. The van der Waals surface area contributed by atoms with Gasteiger partial charge in [0.05, 0.1) is 12.2 Å². The molecule has 4 heteroatoms. The van der Waals surface area contributed by atoms with Gasteiger partial charge in [-0.05, 0) is 25.2 Å². The zero-order valence-electron chi connectivity index (χ0n) is 10.4. The molecule has 0 spiro atoms. The van der Waals surface area contributed by atoms with Crippen molar-refractivity contribution in [1.82, 2.24) is 9.97 Å². The first-order valence-corrected chi connectivity index (χ1v) is 5.87. The second-order valence-corrected chi connectivity index (χ2v) is 4.28. The molecule has 0 aliphatic rings. The van der Waals surface area contributed by atoms with Gasteiger partial charge in [0.15, 0.2) is 0 Å². The fourth-order valence-electron chi connectivity index (χ4n) is 1.53. The van der Waals surface area contributed by atoms with Gasteiger partial charge in [0.1, 0.15) is 12.1 Å². The molecule has 16 heavy (non-hydrogen) atoms. The summed E-state index contributed by atoms with van der Waals surface area (Å²) in [5, 5.41) is 0. The van der Waals surface area contributed by atoms with Crippen LogP contribution in [-0.2, 0) is 6.42 Å². The third kappa shape index (κ3) is 3.68. The van der Waals surface area contributed by atoms with Gasteiger partial charge >= 0.3 is 0 Å². The van der Waals surface area contributed by atoms with Gasteiger partial charge in [0.25, 0.3) is 0 Å². The molecule has 90 valence electrons. The molecule has 0 saturated carbocycles. The number of hydrogen-bond acceptors (Lipinski definition) is 4. The Labute approximate surface area is 97.2 Å². The number of ether oxygens (including phenoxy) is 1. The van der Waals surface area contributed by atoms with Gasteiger partial charge in [0.2, 0.25) is 5.88 Å². The fourth-order valence-corrected chi connectivity index (χ4v) is 1.53. The number of nitrogen functional groups attached to an aromatic ring is 1. The van der Waals surface area contributed by atoms with E-state index >= 15 is 0 Å². The van der Waals surface area contributed by atoms with Crippen molar-refractivity contribution in [3.8, 4) is 5.88 Å². The van der Waals surface area contributed by atoms with Gasteiger partial charge in [-0.1, -0.05) is 20.8 Å². The Hall–Kier alpha value is -1.32. The Balaban J connectivity index is 2.50. The van der Waals surface area contributed by atoms with Crippen molar-refractivity contribution in [2.75, 3.05) is 12.3 Å². The molecule has 0 fully saturated rings. The molecule has 1 heterocycles. The van der Waals surface area contributed by atoms with Gasteiger partial charge < -0.3 is 10.5 Å². The minimum Gasteiger partial charge on any atom is -0.477 e. The summed E-state index contributed by atoms with van der Waals surface area (Å²) in [6.07, 6.45) is 4.46. The van der Waals surface area contributed by atoms with Crippen LogP contribution in [0.3, 0.4) is 0 Å². The van der Waals surface area contributed by atoms with Crippen molar-refractivity contribution in [2.45, 2.75) is 40.0 Å². The second kappa shape index (κ2) is 6.30. The maximum Gasteiger partial charge on any atom is 0.221 e. The molecule has 0 unspecified atom stereocenters. The van der Waals surface area contributed by atoms with Crippen LogP contribution < -0.4 is 10.5 Å². The fraction of sp³-hybridized carbons (Fsp3) is 0.667. The summed E-state index contributed by atoms with van der Waals surface area (Å²) in [6.45, 7) is 7.14. The van der Waals surface area contributed by atoms with E-state index in [2.05, 4.69) is 23.8 Å². The third-order valence-corrected chi connectivity index (χ3v) is 2.46. The first-order chi connectivity index (χ1) is 7.65. The molecule has 0 aliphatic carbocycles. The van der Waals surface area contributed by atoms with Gasteiger partial charge in [-0.3, -0.25) is 0 Å². The molecule has 0 aliphatic heterocycles. The Morgan fingerprint density at radius 3 is 2.75 bits per heavy atom. The number of nitrogens with zero attached hydrogens (tertiary/aromatic N) is 2. The molecular formula is C12H21N3O. The average Bonchev–Trinajstić information content (AvgIpc) is 2.24. The van der Waals surface area contributed by atoms with E-state index in [0.717, 1.165) is 18.4 Å². The predicted octanol–water partition coefficient (Wildman–Crippen LogP) is 2.44. The van der Waals surface area contributed by atoms with Crippen molar-refractivity contribution in [2.24, 2.45) is 5.92 Å². The van der Waals surface area contributed by atoms with Gasteiger partial charge in [0, 0.05) is 0 Å². The SMILES string of the molecule is CCc1c(N)ncnc1OCCCC(C)C. The maximum atomic E-state index is 5.75. The van der Waals surface area contributed by atoms with Crippen LogP contribution in [0, 0.1) is 5.92 Å². The number of anilines is 1.